The molecule has 1 heterocycles. The summed E-state index contributed by atoms with van der Waals surface area (Å²) in [6.07, 6.45) is 1.60. The molecule has 5 nitrogen and oxygen atoms in total. The minimum Gasteiger partial charge on any atom is -0.329 e. The second kappa shape index (κ2) is 5.67. The van der Waals surface area contributed by atoms with Crippen molar-refractivity contribution in [1.29, 1.82) is 0 Å². The molecule has 0 bridgehead atoms. The summed E-state index contributed by atoms with van der Waals surface area (Å²) < 4.78 is 0. The standard InChI is InChI=1S/C13H13ClN4O/c1-9(19)16-10-3-5-11(6-4-10)18(2)12-7-8-15-13(14)17-12/h3-8H,1-2H3,(H,16,19). The van der Waals surface area contributed by atoms with Crippen LogP contribution >= 0.6 is 11.6 Å². The van der Waals surface area contributed by atoms with Gasteiger partial charge in [0.25, 0.3) is 0 Å². The van der Waals surface area contributed by atoms with Crippen LogP contribution in [0.25, 0.3) is 0 Å². The summed E-state index contributed by atoms with van der Waals surface area (Å²) in [5.74, 6) is 0.607. The molecule has 1 N–H and O–H groups in total. The summed E-state index contributed by atoms with van der Waals surface area (Å²) in [5, 5.41) is 2.92. The lowest BCUT2D eigenvalue weighted by Gasteiger charge is -2.18. The number of carbonyl (C=O) groups excluding carboxylic acids is 1. The maximum atomic E-state index is 10.9. The Morgan fingerprint density at radius 3 is 2.53 bits per heavy atom. The van der Waals surface area contributed by atoms with Gasteiger partial charge >= 0.3 is 0 Å². The lowest BCUT2D eigenvalue weighted by Crippen LogP contribution is -2.12. The quantitative estimate of drug-likeness (QED) is 0.876. The average molecular weight is 277 g/mol. The smallest absolute Gasteiger partial charge is 0.224 e. The molecule has 0 unspecified atom stereocenters. The summed E-state index contributed by atoms with van der Waals surface area (Å²) >= 11 is 5.76. The van der Waals surface area contributed by atoms with Crippen molar-refractivity contribution in [2.24, 2.45) is 0 Å². The second-order valence-corrected chi connectivity index (χ2v) is 4.31. The minimum atomic E-state index is -0.0938. The lowest BCUT2D eigenvalue weighted by atomic mass is 10.2. The Labute approximate surface area is 116 Å². The number of benzene rings is 1. The molecule has 0 spiro atoms. The van der Waals surface area contributed by atoms with Gasteiger partial charge in [-0.15, -0.1) is 0 Å². The highest BCUT2D eigenvalue weighted by molar-refractivity contribution is 6.28. The van der Waals surface area contributed by atoms with Crippen LogP contribution in [-0.4, -0.2) is 22.9 Å². The summed E-state index contributed by atoms with van der Waals surface area (Å²) in [5.41, 5.74) is 1.69. The van der Waals surface area contributed by atoms with Crippen molar-refractivity contribution in [2.75, 3.05) is 17.3 Å². The van der Waals surface area contributed by atoms with E-state index in [2.05, 4.69) is 15.3 Å². The van der Waals surface area contributed by atoms with Gasteiger partial charge in [0.2, 0.25) is 11.2 Å². The fourth-order valence-corrected chi connectivity index (χ4v) is 1.76. The zero-order valence-electron chi connectivity index (χ0n) is 10.6. The van der Waals surface area contributed by atoms with E-state index in [-0.39, 0.29) is 11.2 Å². The highest BCUT2D eigenvalue weighted by Gasteiger charge is 2.06. The highest BCUT2D eigenvalue weighted by atomic mass is 35.5. The van der Waals surface area contributed by atoms with Gasteiger partial charge in [0.05, 0.1) is 0 Å². The fourth-order valence-electron chi connectivity index (χ4n) is 1.62. The van der Waals surface area contributed by atoms with Crippen LogP contribution in [0.4, 0.5) is 17.2 Å². The monoisotopic (exact) mass is 276 g/mol. The minimum absolute atomic E-state index is 0.0938. The van der Waals surface area contributed by atoms with E-state index in [0.717, 1.165) is 11.4 Å². The number of hydrogen-bond donors (Lipinski definition) is 1. The van der Waals surface area contributed by atoms with Crippen LogP contribution in [0.3, 0.4) is 0 Å². The molecule has 2 rings (SSSR count). The summed E-state index contributed by atoms with van der Waals surface area (Å²) in [7, 11) is 1.88. The van der Waals surface area contributed by atoms with Gasteiger partial charge in [0, 0.05) is 31.5 Å². The summed E-state index contributed by atoms with van der Waals surface area (Å²) in [6, 6.07) is 9.21. The molecule has 0 aliphatic heterocycles. The third-order valence-electron chi connectivity index (χ3n) is 2.53. The molecule has 0 aliphatic rings. The maximum absolute atomic E-state index is 10.9. The number of halogens is 1. The van der Waals surface area contributed by atoms with Crippen molar-refractivity contribution >= 4 is 34.7 Å². The summed E-state index contributed by atoms with van der Waals surface area (Å²) in [4.78, 5) is 20.8. The fraction of sp³-hybridized carbons (Fsp3) is 0.154. The van der Waals surface area contributed by atoms with Crippen molar-refractivity contribution in [3.05, 3.63) is 41.8 Å². The molecule has 98 valence electrons. The van der Waals surface area contributed by atoms with Crippen molar-refractivity contribution in [3.8, 4) is 0 Å². The number of hydrogen-bond acceptors (Lipinski definition) is 4. The van der Waals surface area contributed by atoms with Gasteiger partial charge in [0.15, 0.2) is 0 Å². The van der Waals surface area contributed by atoms with Crippen LogP contribution in [0.5, 0.6) is 0 Å². The molecule has 1 aromatic carbocycles. The molecule has 2 aromatic rings. The van der Waals surface area contributed by atoms with E-state index in [4.69, 9.17) is 11.6 Å². The van der Waals surface area contributed by atoms with E-state index in [9.17, 15) is 4.79 Å². The zero-order chi connectivity index (χ0) is 13.8. The third-order valence-corrected chi connectivity index (χ3v) is 2.71. The van der Waals surface area contributed by atoms with Crippen molar-refractivity contribution in [1.82, 2.24) is 9.97 Å². The van der Waals surface area contributed by atoms with E-state index < -0.39 is 0 Å². The van der Waals surface area contributed by atoms with Crippen LogP contribution in [0.15, 0.2) is 36.5 Å². The lowest BCUT2D eigenvalue weighted by molar-refractivity contribution is -0.114. The molecular weight excluding hydrogens is 264 g/mol. The molecule has 0 radical (unpaired) electrons. The van der Waals surface area contributed by atoms with E-state index >= 15 is 0 Å². The number of aromatic nitrogens is 2. The van der Waals surface area contributed by atoms with E-state index in [1.54, 1.807) is 12.3 Å². The average Bonchev–Trinajstić information content (AvgIpc) is 2.38. The molecule has 19 heavy (non-hydrogen) atoms. The number of carbonyl (C=O) groups is 1. The van der Waals surface area contributed by atoms with E-state index in [1.165, 1.54) is 6.92 Å². The second-order valence-electron chi connectivity index (χ2n) is 3.97. The Kier molecular flexibility index (Phi) is 3.97. The first kappa shape index (κ1) is 13.3. The normalized spacial score (nSPS) is 10.1. The van der Waals surface area contributed by atoms with E-state index in [1.807, 2.05) is 36.2 Å². The largest absolute Gasteiger partial charge is 0.329 e. The van der Waals surface area contributed by atoms with Crippen LogP contribution in [-0.2, 0) is 4.79 Å². The van der Waals surface area contributed by atoms with Gasteiger partial charge in [-0.2, -0.15) is 0 Å². The number of rotatable bonds is 3. The Hall–Kier alpha value is -2.14. The van der Waals surface area contributed by atoms with Gasteiger partial charge in [-0.3, -0.25) is 4.79 Å². The highest BCUT2D eigenvalue weighted by Crippen LogP contribution is 2.23. The van der Waals surface area contributed by atoms with Gasteiger partial charge in [-0.25, -0.2) is 9.97 Å². The number of nitrogens with zero attached hydrogens (tertiary/aromatic N) is 3. The topological polar surface area (TPSA) is 58.1 Å². The molecule has 0 aliphatic carbocycles. The molecule has 0 saturated heterocycles. The predicted octanol–water partition coefficient (Wildman–Crippen LogP) is 2.86. The molecule has 1 aromatic heterocycles. The molecular formula is C13H13ClN4O. The molecule has 6 heteroatoms. The van der Waals surface area contributed by atoms with Crippen molar-refractivity contribution in [2.45, 2.75) is 6.92 Å². The first-order valence-corrected chi connectivity index (χ1v) is 6.04. The zero-order valence-corrected chi connectivity index (χ0v) is 11.3. The maximum Gasteiger partial charge on any atom is 0.224 e. The van der Waals surface area contributed by atoms with Gasteiger partial charge in [-0.05, 0) is 41.9 Å². The van der Waals surface area contributed by atoms with Crippen LogP contribution in [0.2, 0.25) is 5.28 Å². The van der Waals surface area contributed by atoms with Crippen LogP contribution in [0, 0.1) is 0 Å². The van der Waals surface area contributed by atoms with Gasteiger partial charge < -0.3 is 10.2 Å². The van der Waals surface area contributed by atoms with Crippen molar-refractivity contribution < 1.29 is 4.79 Å². The van der Waals surface area contributed by atoms with Gasteiger partial charge in [-0.1, -0.05) is 0 Å². The third kappa shape index (κ3) is 3.42. The Balaban J connectivity index is 2.20. The number of nitrogens with one attached hydrogen (secondary N) is 1. The SMILES string of the molecule is CC(=O)Nc1ccc(N(C)c2ccnc(Cl)n2)cc1. The van der Waals surface area contributed by atoms with Crippen molar-refractivity contribution in [3.63, 3.8) is 0 Å². The molecule has 0 saturated carbocycles. The Morgan fingerprint density at radius 2 is 1.95 bits per heavy atom. The summed E-state index contributed by atoms with van der Waals surface area (Å²) in [6.45, 7) is 1.48. The molecule has 0 fully saturated rings. The van der Waals surface area contributed by atoms with Gasteiger partial charge in [0.1, 0.15) is 5.82 Å². The number of amides is 1. The first-order valence-electron chi connectivity index (χ1n) is 5.66. The Bertz CT molecular complexity index is 585. The number of anilines is 3. The van der Waals surface area contributed by atoms with Crippen LogP contribution < -0.4 is 10.2 Å². The van der Waals surface area contributed by atoms with Crippen LogP contribution in [0.1, 0.15) is 6.92 Å². The van der Waals surface area contributed by atoms with E-state index in [0.29, 0.717) is 5.82 Å². The Morgan fingerprint density at radius 1 is 1.26 bits per heavy atom. The molecule has 0 atom stereocenters. The first-order chi connectivity index (χ1) is 9.06. The molecule has 1 amide bonds. The predicted molar refractivity (Wildman–Crippen MR) is 75.9 cm³/mol.